The number of ether oxygens (including phenoxy) is 2. The summed E-state index contributed by atoms with van der Waals surface area (Å²) in [6.45, 7) is 1.22. The van der Waals surface area contributed by atoms with Gasteiger partial charge >= 0.3 is 0 Å². The van der Waals surface area contributed by atoms with Crippen LogP contribution in [-0.2, 0) is 14.8 Å². The minimum absolute atomic E-state index is 0.124. The fourth-order valence-electron chi connectivity index (χ4n) is 1.83. The molecule has 6 nitrogen and oxygen atoms in total. The average molecular weight is 307 g/mol. The van der Waals surface area contributed by atoms with Crippen molar-refractivity contribution >= 4 is 21.6 Å². The first-order valence-corrected chi connectivity index (χ1v) is 7.82. The molecule has 2 heterocycles. The molecular weight excluding hydrogens is 292 g/mol. The van der Waals surface area contributed by atoms with E-state index in [-0.39, 0.29) is 21.9 Å². The van der Waals surface area contributed by atoms with Gasteiger partial charge in [0.15, 0.2) is 0 Å². The van der Waals surface area contributed by atoms with Crippen molar-refractivity contribution in [3.05, 3.63) is 17.3 Å². The van der Waals surface area contributed by atoms with Crippen molar-refractivity contribution in [1.82, 2.24) is 4.98 Å². The summed E-state index contributed by atoms with van der Waals surface area (Å²) in [4.78, 5) is 3.72. The Morgan fingerprint density at radius 3 is 2.95 bits per heavy atom. The van der Waals surface area contributed by atoms with Gasteiger partial charge in [-0.05, 0) is 18.9 Å². The van der Waals surface area contributed by atoms with E-state index in [4.69, 9.17) is 26.2 Å². The molecule has 1 aliphatic rings. The molecule has 1 fully saturated rings. The van der Waals surface area contributed by atoms with Gasteiger partial charge < -0.3 is 9.47 Å². The van der Waals surface area contributed by atoms with Crippen LogP contribution in [-0.4, -0.2) is 32.7 Å². The van der Waals surface area contributed by atoms with Crippen LogP contribution in [0.25, 0.3) is 0 Å². The lowest BCUT2D eigenvalue weighted by Crippen LogP contribution is -2.13. The number of pyridine rings is 1. The lowest BCUT2D eigenvalue weighted by Gasteiger charge is -2.11. The normalized spacial score (nSPS) is 19.6. The summed E-state index contributed by atoms with van der Waals surface area (Å²) in [5.41, 5.74) is 0. The summed E-state index contributed by atoms with van der Waals surface area (Å²) in [7, 11) is -3.80. The van der Waals surface area contributed by atoms with Crippen LogP contribution < -0.4 is 9.88 Å². The van der Waals surface area contributed by atoms with Gasteiger partial charge in [-0.3, -0.25) is 0 Å². The predicted molar refractivity (Wildman–Crippen MR) is 69.7 cm³/mol. The highest BCUT2D eigenvalue weighted by atomic mass is 35.5. The second-order valence-electron chi connectivity index (χ2n) is 4.28. The molecule has 0 amide bonds. The highest BCUT2D eigenvalue weighted by molar-refractivity contribution is 7.89. The van der Waals surface area contributed by atoms with Gasteiger partial charge in [-0.25, -0.2) is 18.5 Å². The maximum absolute atomic E-state index is 11.1. The zero-order chi connectivity index (χ0) is 13.9. The summed E-state index contributed by atoms with van der Waals surface area (Å²) in [6, 6.07) is 1.23. The Bertz CT molecular complexity index is 544. The number of rotatable bonds is 5. The molecule has 0 radical (unpaired) electrons. The van der Waals surface area contributed by atoms with Crippen LogP contribution in [0, 0.1) is 0 Å². The second kappa shape index (κ2) is 6.04. The van der Waals surface area contributed by atoms with Gasteiger partial charge in [-0.1, -0.05) is 11.6 Å². The molecule has 1 unspecified atom stereocenters. The van der Waals surface area contributed by atoms with E-state index in [1.54, 1.807) is 0 Å². The Morgan fingerprint density at radius 2 is 2.37 bits per heavy atom. The number of sulfonamides is 1. The molecule has 8 heteroatoms. The van der Waals surface area contributed by atoms with Gasteiger partial charge in [0.2, 0.25) is 15.9 Å². The summed E-state index contributed by atoms with van der Waals surface area (Å²) >= 11 is 5.89. The summed E-state index contributed by atoms with van der Waals surface area (Å²) in [5.74, 6) is 0.201. The van der Waals surface area contributed by atoms with Gasteiger partial charge in [0.05, 0.1) is 18.9 Å². The molecule has 106 valence electrons. The Balaban J connectivity index is 1.93. The molecule has 2 rings (SSSR count). The quantitative estimate of drug-likeness (QED) is 0.886. The highest BCUT2D eigenvalue weighted by Crippen LogP contribution is 2.24. The molecule has 1 aliphatic heterocycles. The van der Waals surface area contributed by atoms with Crippen molar-refractivity contribution in [2.75, 3.05) is 13.2 Å². The van der Waals surface area contributed by atoms with E-state index < -0.39 is 10.0 Å². The minimum Gasteiger partial charge on any atom is -0.477 e. The van der Waals surface area contributed by atoms with Gasteiger partial charge in [0.1, 0.15) is 9.92 Å². The predicted octanol–water partition coefficient (Wildman–Crippen LogP) is 1.33. The van der Waals surface area contributed by atoms with E-state index in [1.807, 2.05) is 0 Å². The standard InChI is InChI=1S/C11H15ClN2O4S/c12-10-6-9(19(13,15)16)7-14-11(10)18-5-3-8-2-1-4-17-8/h6-8H,1-5H2,(H2,13,15,16). The van der Waals surface area contributed by atoms with Gasteiger partial charge in [-0.15, -0.1) is 0 Å². The number of primary sulfonamides is 1. The summed E-state index contributed by atoms with van der Waals surface area (Å²) < 4.78 is 33.1. The molecule has 0 aliphatic carbocycles. The van der Waals surface area contributed by atoms with E-state index >= 15 is 0 Å². The van der Waals surface area contributed by atoms with Gasteiger partial charge in [0, 0.05) is 13.0 Å². The van der Waals surface area contributed by atoms with Crippen LogP contribution >= 0.6 is 11.6 Å². The Kier molecular flexibility index (Phi) is 4.62. The van der Waals surface area contributed by atoms with Crippen molar-refractivity contribution in [2.45, 2.75) is 30.3 Å². The monoisotopic (exact) mass is 306 g/mol. The van der Waals surface area contributed by atoms with Crippen molar-refractivity contribution in [3.8, 4) is 5.88 Å². The highest BCUT2D eigenvalue weighted by Gasteiger charge is 2.16. The largest absolute Gasteiger partial charge is 0.477 e. The first-order chi connectivity index (χ1) is 8.97. The van der Waals surface area contributed by atoms with E-state index in [2.05, 4.69) is 4.98 Å². The van der Waals surface area contributed by atoms with Gasteiger partial charge in [-0.2, -0.15) is 0 Å². The number of hydrogen-bond acceptors (Lipinski definition) is 5. The van der Waals surface area contributed by atoms with Crippen LogP contribution in [0.15, 0.2) is 17.2 Å². The maximum atomic E-state index is 11.1. The first kappa shape index (κ1) is 14.5. The molecule has 0 spiro atoms. The van der Waals surface area contributed by atoms with Gasteiger partial charge in [0.25, 0.3) is 0 Å². The van der Waals surface area contributed by atoms with Crippen molar-refractivity contribution < 1.29 is 17.9 Å². The smallest absolute Gasteiger partial charge is 0.239 e. The molecular formula is C11H15ClN2O4S. The number of nitrogens with two attached hydrogens (primary N) is 1. The first-order valence-electron chi connectivity index (χ1n) is 5.89. The fraction of sp³-hybridized carbons (Fsp3) is 0.545. The maximum Gasteiger partial charge on any atom is 0.239 e. The molecule has 1 atom stereocenters. The topological polar surface area (TPSA) is 91.5 Å². The molecule has 1 aromatic rings. The Hall–Kier alpha value is -0.890. The number of aromatic nitrogens is 1. The lowest BCUT2D eigenvalue weighted by atomic mass is 10.2. The SMILES string of the molecule is NS(=O)(=O)c1cnc(OCCC2CCCO2)c(Cl)c1. The zero-order valence-corrected chi connectivity index (χ0v) is 11.8. The van der Waals surface area contributed by atoms with Crippen LogP contribution in [0.1, 0.15) is 19.3 Å². The summed E-state index contributed by atoms with van der Waals surface area (Å²) in [5, 5.41) is 5.10. The molecule has 1 aromatic heterocycles. The molecule has 1 saturated heterocycles. The van der Waals surface area contributed by atoms with Crippen LogP contribution in [0.2, 0.25) is 5.02 Å². The third kappa shape index (κ3) is 4.04. The van der Waals surface area contributed by atoms with Crippen molar-refractivity contribution in [3.63, 3.8) is 0 Å². The molecule has 0 aromatic carbocycles. The van der Waals surface area contributed by atoms with E-state index in [9.17, 15) is 8.42 Å². The van der Waals surface area contributed by atoms with E-state index in [1.165, 1.54) is 6.07 Å². The second-order valence-corrected chi connectivity index (χ2v) is 6.24. The minimum atomic E-state index is -3.80. The van der Waals surface area contributed by atoms with E-state index in [0.717, 1.165) is 32.1 Å². The van der Waals surface area contributed by atoms with Crippen LogP contribution in [0.3, 0.4) is 0 Å². The Labute approximate surface area is 116 Å². The average Bonchev–Trinajstić information content (AvgIpc) is 2.83. The number of nitrogens with zero attached hydrogens (tertiary/aromatic N) is 1. The lowest BCUT2D eigenvalue weighted by molar-refractivity contribution is 0.0897. The number of halogens is 1. The third-order valence-corrected chi connectivity index (χ3v) is 3.96. The summed E-state index contributed by atoms with van der Waals surface area (Å²) in [6.07, 6.45) is 4.22. The molecule has 0 saturated carbocycles. The molecule has 0 bridgehead atoms. The molecule has 19 heavy (non-hydrogen) atoms. The fourth-order valence-corrected chi connectivity index (χ4v) is 2.60. The molecule has 2 N–H and O–H groups in total. The Morgan fingerprint density at radius 1 is 1.58 bits per heavy atom. The van der Waals surface area contributed by atoms with Crippen molar-refractivity contribution in [1.29, 1.82) is 0 Å². The number of hydrogen-bond donors (Lipinski definition) is 1. The van der Waals surface area contributed by atoms with Crippen molar-refractivity contribution in [2.24, 2.45) is 5.14 Å². The van der Waals surface area contributed by atoms with Crippen LogP contribution in [0.5, 0.6) is 5.88 Å². The zero-order valence-electron chi connectivity index (χ0n) is 10.2. The van der Waals surface area contributed by atoms with E-state index in [0.29, 0.717) is 6.61 Å². The third-order valence-electron chi connectivity index (χ3n) is 2.81. The van der Waals surface area contributed by atoms with Crippen LogP contribution in [0.4, 0.5) is 0 Å².